The van der Waals surface area contributed by atoms with Gasteiger partial charge in [-0.1, -0.05) is 81.4 Å². The van der Waals surface area contributed by atoms with Crippen molar-refractivity contribution in [2.75, 3.05) is 0 Å². The zero-order valence-corrected chi connectivity index (χ0v) is 27.5. The number of aromatic nitrogens is 2. The zero-order valence-electron chi connectivity index (χ0n) is 25.1. The fraction of sp³-hybridized carbons (Fsp3) is 0.100. The summed E-state index contributed by atoms with van der Waals surface area (Å²) in [4.78, 5) is 10.1. The summed E-state index contributed by atoms with van der Waals surface area (Å²) in [6, 6.07) is 39.4. The van der Waals surface area contributed by atoms with Crippen LogP contribution in [-0.2, 0) is 5.41 Å². The number of nitrogens with zero attached hydrogens (tertiary/aromatic N) is 2. The maximum Gasteiger partial charge on any atom is 0.0890 e. The summed E-state index contributed by atoms with van der Waals surface area (Å²) in [6.07, 6.45) is 1.85. The molecule has 4 aromatic carbocycles. The van der Waals surface area contributed by atoms with Crippen molar-refractivity contribution < 1.29 is 0 Å². The van der Waals surface area contributed by atoms with E-state index in [1.54, 1.807) is 0 Å². The van der Waals surface area contributed by atoms with Gasteiger partial charge in [-0.2, -0.15) is 0 Å². The van der Waals surface area contributed by atoms with Crippen LogP contribution >= 0.6 is 34.0 Å². The lowest BCUT2D eigenvalue weighted by atomic mass is 9.82. The largest absolute Gasteiger partial charge is 0.256 e. The molecule has 2 nitrogen and oxygen atoms in total. The van der Waals surface area contributed by atoms with Crippen molar-refractivity contribution >= 4 is 83.8 Å². The first-order valence-corrected chi connectivity index (χ1v) is 17.6. The van der Waals surface area contributed by atoms with Gasteiger partial charge in [-0.3, -0.25) is 4.98 Å². The molecule has 0 fully saturated rings. The van der Waals surface area contributed by atoms with Gasteiger partial charge >= 0.3 is 0 Å². The van der Waals surface area contributed by atoms with Crippen LogP contribution in [0.3, 0.4) is 0 Å². The van der Waals surface area contributed by atoms with Gasteiger partial charge in [-0.05, 0) is 59.5 Å². The van der Waals surface area contributed by atoms with Crippen molar-refractivity contribution in [2.24, 2.45) is 0 Å². The highest BCUT2D eigenvalue weighted by Crippen LogP contribution is 2.50. The first-order chi connectivity index (χ1) is 21.9. The minimum absolute atomic E-state index is 0.0425. The first kappa shape index (κ1) is 26.9. The van der Waals surface area contributed by atoms with E-state index in [-0.39, 0.29) is 5.41 Å². The van der Waals surface area contributed by atoms with Crippen LogP contribution in [0.2, 0.25) is 0 Å². The molecule has 5 heteroatoms. The fourth-order valence-corrected chi connectivity index (χ4v) is 10.4. The topological polar surface area (TPSA) is 25.8 Å². The Bertz CT molecular complexity index is 2580. The van der Waals surface area contributed by atoms with Gasteiger partial charge in [0.2, 0.25) is 0 Å². The summed E-state index contributed by atoms with van der Waals surface area (Å²) in [7, 11) is 0. The van der Waals surface area contributed by atoms with Gasteiger partial charge in [0, 0.05) is 63.9 Å². The van der Waals surface area contributed by atoms with Crippen molar-refractivity contribution in [3.63, 3.8) is 0 Å². The van der Waals surface area contributed by atoms with E-state index in [1.807, 2.05) is 52.3 Å². The molecule has 0 N–H and O–H groups in total. The summed E-state index contributed by atoms with van der Waals surface area (Å²) in [5.41, 5.74) is 7.71. The normalized spacial score (nSPS) is 12.3. The van der Waals surface area contributed by atoms with Crippen LogP contribution in [0.15, 0.2) is 115 Å². The Kier molecular flexibility index (Phi) is 6.01. The Hall–Kier alpha value is -4.42. The first-order valence-electron chi connectivity index (χ1n) is 15.2. The summed E-state index contributed by atoms with van der Waals surface area (Å²) in [6.45, 7) is 7.02. The molecule has 0 unspecified atom stereocenters. The highest BCUT2D eigenvalue weighted by molar-refractivity contribution is 7.44. The Morgan fingerprint density at radius 3 is 2.02 bits per heavy atom. The lowest BCUT2D eigenvalue weighted by Crippen LogP contribution is -2.11. The number of hydrogen-bond donors (Lipinski definition) is 0. The average molecular weight is 633 g/mol. The van der Waals surface area contributed by atoms with E-state index in [4.69, 9.17) is 4.98 Å². The maximum absolute atomic E-state index is 5.49. The predicted molar refractivity (Wildman–Crippen MR) is 198 cm³/mol. The standard InChI is InChI=1S/C40H28N2S3/c1-40(2,3)29-20-25(21-34-36(29)35-27-14-5-7-17-33(27)44-39(35)45-34)37-38-28(26-13-4-6-16-32(26)43-38)22-31(42-37)24-12-10-11-23(19-24)30-15-8-9-18-41-30/h4-22H,1-3H3. The number of hydrogen-bond acceptors (Lipinski definition) is 5. The molecule has 5 heterocycles. The fourth-order valence-electron chi connectivity index (χ4n) is 6.55. The third kappa shape index (κ3) is 4.33. The Morgan fingerprint density at radius 2 is 1.24 bits per heavy atom. The minimum atomic E-state index is -0.0425. The molecule has 0 aliphatic carbocycles. The van der Waals surface area contributed by atoms with E-state index in [9.17, 15) is 0 Å². The second-order valence-corrected chi connectivity index (χ2v) is 16.1. The Morgan fingerprint density at radius 1 is 0.533 bits per heavy atom. The summed E-state index contributed by atoms with van der Waals surface area (Å²) in [5, 5.41) is 6.71. The molecule has 9 aromatic rings. The third-order valence-corrected chi connectivity index (χ3v) is 12.3. The molecule has 5 aromatic heterocycles. The Balaban J connectivity index is 1.34. The predicted octanol–water partition coefficient (Wildman–Crippen LogP) is 12.7. The Labute approximate surface area is 273 Å². The van der Waals surface area contributed by atoms with Gasteiger partial charge in [0.15, 0.2) is 0 Å². The third-order valence-electron chi connectivity index (χ3n) is 8.68. The lowest BCUT2D eigenvalue weighted by Gasteiger charge is -2.22. The van der Waals surface area contributed by atoms with E-state index in [1.165, 1.54) is 60.9 Å². The zero-order chi connectivity index (χ0) is 30.3. The van der Waals surface area contributed by atoms with E-state index >= 15 is 0 Å². The minimum Gasteiger partial charge on any atom is -0.256 e. The van der Waals surface area contributed by atoms with Crippen molar-refractivity contribution in [3.05, 3.63) is 121 Å². The molecule has 45 heavy (non-hydrogen) atoms. The van der Waals surface area contributed by atoms with Crippen molar-refractivity contribution in [2.45, 2.75) is 26.2 Å². The number of benzene rings is 4. The number of rotatable bonds is 3. The quantitative estimate of drug-likeness (QED) is 0.194. The van der Waals surface area contributed by atoms with Gasteiger partial charge in [0.1, 0.15) is 0 Å². The summed E-state index contributed by atoms with van der Waals surface area (Å²) in [5.74, 6) is 0. The highest BCUT2D eigenvalue weighted by atomic mass is 32.2. The molecule has 0 bridgehead atoms. The number of thiophene rings is 3. The molecular formula is C40H28N2S3. The molecule has 0 saturated carbocycles. The van der Waals surface area contributed by atoms with Gasteiger partial charge in [0.05, 0.1) is 25.8 Å². The maximum atomic E-state index is 5.49. The van der Waals surface area contributed by atoms with Crippen LogP contribution in [-0.4, -0.2) is 9.97 Å². The monoisotopic (exact) mass is 632 g/mol. The number of pyridine rings is 2. The lowest BCUT2D eigenvalue weighted by molar-refractivity contribution is 0.596. The summed E-state index contributed by atoms with van der Waals surface area (Å²) < 4.78 is 6.62. The van der Waals surface area contributed by atoms with Crippen LogP contribution in [0.5, 0.6) is 0 Å². The molecule has 0 atom stereocenters. The van der Waals surface area contributed by atoms with Gasteiger partial charge in [-0.25, -0.2) is 4.98 Å². The van der Waals surface area contributed by atoms with E-state index < -0.39 is 0 Å². The molecule has 0 radical (unpaired) electrons. The average Bonchev–Trinajstić information content (AvgIpc) is 3.73. The second kappa shape index (κ2) is 10.0. The highest BCUT2D eigenvalue weighted by Gasteiger charge is 2.25. The van der Waals surface area contributed by atoms with Crippen LogP contribution < -0.4 is 0 Å². The van der Waals surface area contributed by atoms with Crippen LogP contribution in [0, 0.1) is 0 Å². The molecule has 0 aliphatic rings. The molecule has 0 aliphatic heterocycles. The summed E-state index contributed by atoms with van der Waals surface area (Å²) >= 11 is 5.68. The van der Waals surface area contributed by atoms with E-state index in [0.29, 0.717) is 0 Å². The van der Waals surface area contributed by atoms with E-state index in [0.717, 1.165) is 28.2 Å². The molecule has 0 amide bonds. The molecule has 0 saturated heterocycles. The SMILES string of the molecule is CC(C)(C)c1cc(-c2nc(-c3cccc(-c4ccccn4)c3)cc3c2sc2ccccc23)cc2sc3sc4ccccc4c3c12. The van der Waals surface area contributed by atoms with Crippen molar-refractivity contribution in [1.82, 2.24) is 9.97 Å². The number of fused-ring (bicyclic) bond motifs is 8. The van der Waals surface area contributed by atoms with Crippen molar-refractivity contribution in [3.8, 4) is 33.8 Å². The van der Waals surface area contributed by atoms with E-state index in [2.05, 4.69) is 123 Å². The van der Waals surface area contributed by atoms with Crippen LogP contribution in [0.4, 0.5) is 0 Å². The smallest absolute Gasteiger partial charge is 0.0890 e. The van der Waals surface area contributed by atoms with Crippen LogP contribution in [0.25, 0.3) is 83.5 Å². The van der Waals surface area contributed by atoms with Gasteiger partial charge in [-0.15, -0.1) is 34.0 Å². The van der Waals surface area contributed by atoms with Gasteiger partial charge < -0.3 is 0 Å². The molecule has 216 valence electrons. The molecular weight excluding hydrogens is 605 g/mol. The van der Waals surface area contributed by atoms with Crippen molar-refractivity contribution in [1.29, 1.82) is 0 Å². The van der Waals surface area contributed by atoms with Gasteiger partial charge in [0.25, 0.3) is 0 Å². The van der Waals surface area contributed by atoms with Crippen LogP contribution in [0.1, 0.15) is 26.3 Å². The second-order valence-electron chi connectivity index (χ2n) is 12.6. The molecule has 0 spiro atoms. The molecule has 9 rings (SSSR count).